The second kappa shape index (κ2) is 4.18. The number of H-pyrrole nitrogens is 1. The first kappa shape index (κ1) is 9.78. The third-order valence-corrected chi connectivity index (χ3v) is 2.76. The fourth-order valence-electron chi connectivity index (χ4n) is 1.08. The van der Waals surface area contributed by atoms with E-state index in [1.165, 1.54) is 17.7 Å². The zero-order valence-corrected chi connectivity index (χ0v) is 8.84. The molecule has 2 aromatic heterocycles. The predicted molar refractivity (Wildman–Crippen MR) is 54.4 cm³/mol. The number of hydrogen-bond acceptors (Lipinski definition) is 5. The van der Waals surface area contributed by atoms with E-state index in [1.54, 1.807) is 12.4 Å². The average Bonchev–Trinajstić information content (AvgIpc) is 2.84. The highest BCUT2D eigenvalue weighted by Crippen LogP contribution is 2.11. The van der Waals surface area contributed by atoms with Crippen LogP contribution in [-0.4, -0.2) is 26.1 Å². The van der Waals surface area contributed by atoms with Crippen molar-refractivity contribution in [2.75, 3.05) is 0 Å². The first-order valence-corrected chi connectivity index (χ1v) is 5.18. The molecule has 0 fully saturated rings. The van der Waals surface area contributed by atoms with Gasteiger partial charge in [0.1, 0.15) is 17.0 Å². The van der Waals surface area contributed by atoms with E-state index >= 15 is 0 Å². The first-order valence-electron chi connectivity index (χ1n) is 4.30. The van der Waals surface area contributed by atoms with Crippen LogP contribution < -0.4 is 5.32 Å². The van der Waals surface area contributed by atoms with Gasteiger partial charge in [0.25, 0.3) is 5.91 Å². The summed E-state index contributed by atoms with van der Waals surface area (Å²) in [6.07, 6.45) is 1.40. The molecule has 0 aliphatic heterocycles. The Morgan fingerprint density at radius 1 is 1.60 bits per heavy atom. The van der Waals surface area contributed by atoms with Crippen LogP contribution in [0.3, 0.4) is 0 Å². The van der Waals surface area contributed by atoms with Crippen molar-refractivity contribution in [3.05, 3.63) is 28.2 Å². The Kier molecular flexibility index (Phi) is 2.72. The molecular weight excluding hydrogens is 214 g/mol. The van der Waals surface area contributed by atoms with Crippen molar-refractivity contribution in [2.24, 2.45) is 0 Å². The first-order chi connectivity index (χ1) is 7.27. The van der Waals surface area contributed by atoms with Crippen molar-refractivity contribution in [3.8, 4) is 0 Å². The van der Waals surface area contributed by atoms with E-state index in [-0.39, 0.29) is 5.91 Å². The molecule has 15 heavy (non-hydrogen) atoms. The van der Waals surface area contributed by atoms with Gasteiger partial charge < -0.3 is 5.32 Å². The van der Waals surface area contributed by atoms with Crippen LogP contribution in [0.25, 0.3) is 0 Å². The number of rotatable bonds is 3. The van der Waals surface area contributed by atoms with Gasteiger partial charge in [0, 0.05) is 0 Å². The third kappa shape index (κ3) is 2.18. The molecule has 0 radical (unpaired) electrons. The summed E-state index contributed by atoms with van der Waals surface area (Å²) >= 11 is 1.33. The summed E-state index contributed by atoms with van der Waals surface area (Å²) in [5.41, 5.74) is 2.40. The van der Waals surface area contributed by atoms with Crippen molar-refractivity contribution in [1.82, 2.24) is 25.5 Å². The number of hydrogen-bond donors (Lipinski definition) is 2. The van der Waals surface area contributed by atoms with Gasteiger partial charge >= 0.3 is 0 Å². The number of thiazole rings is 1. The Labute approximate surface area is 89.8 Å². The Bertz CT molecular complexity index is 449. The van der Waals surface area contributed by atoms with Crippen molar-refractivity contribution in [1.29, 1.82) is 0 Å². The zero-order chi connectivity index (χ0) is 10.7. The Morgan fingerprint density at radius 2 is 2.47 bits per heavy atom. The molecule has 7 heteroatoms. The van der Waals surface area contributed by atoms with E-state index in [0.29, 0.717) is 17.2 Å². The maximum absolute atomic E-state index is 11.6. The van der Waals surface area contributed by atoms with Gasteiger partial charge in [0.15, 0.2) is 0 Å². The van der Waals surface area contributed by atoms with Gasteiger partial charge in [-0.2, -0.15) is 5.10 Å². The molecule has 0 aliphatic rings. The lowest BCUT2D eigenvalue weighted by molar-refractivity contribution is 0.0953. The zero-order valence-electron chi connectivity index (χ0n) is 8.02. The van der Waals surface area contributed by atoms with Crippen LogP contribution >= 0.6 is 11.3 Å². The quantitative estimate of drug-likeness (QED) is 0.793. The summed E-state index contributed by atoms with van der Waals surface area (Å²) in [6.45, 7) is 2.15. The number of nitrogens with zero attached hydrogens (tertiary/aromatic N) is 3. The van der Waals surface area contributed by atoms with Gasteiger partial charge in [-0.1, -0.05) is 0 Å². The van der Waals surface area contributed by atoms with E-state index in [1.807, 2.05) is 0 Å². The highest BCUT2D eigenvalue weighted by atomic mass is 32.1. The standard InChI is InChI=1S/C8H9N5OS/c1-5-7(15-4-11-5)8(14)9-2-6-10-3-12-13-6/h3-4H,2H2,1H3,(H,9,14)(H,10,12,13). The minimum absolute atomic E-state index is 0.133. The van der Waals surface area contributed by atoms with E-state index in [2.05, 4.69) is 25.5 Å². The Hall–Kier alpha value is -1.76. The van der Waals surface area contributed by atoms with Gasteiger partial charge in [0.05, 0.1) is 17.7 Å². The molecule has 0 atom stereocenters. The van der Waals surface area contributed by atoms with Crippen LogP contribution in [0.2, 0.25) is 0 Å². The van der Waals surface area contributed by atoms with Crippen LogP contribution in [-0.2, 0) is 6.54 Å². The van der Waals surface area contributed by atoms with Gasteiger partial charge in [-0.3, -0.25) is 9.89 Å². The molecule has 0 bridgehead atoms. The molecule has 0 saturated heterocycles. The molecule has 0 unspecified atom stereocenters. The number of aromatic nitrogens is 4. The molecule has 1 amide bonds. The highest BCUT2D eigenvalue weighted by Gasteiger charge is 2.11. The smallest absolute Gasteiger partial charge is 0.263 e. The monoisotopic (exact) mass is 223 g/mol. The Balaban J connectivity index is 1.96. The van der Waals surface area contributed by atoms with Crippen molar-refractivity contribution in [2.45, 2.75) is 13.5 Å². The van der Waals surface area contributed by atoms with E-state index in [4.69, 9.17) is 0 Å². The molecule has 78 valence electrons. The lowest BCUT2D eigenvalue weighted by atomic mass is 10.4. The summed E-state index contributed by atoms with van der Waals surface area (Å²) in [4.78, 5) is 20.2. The summed E-state index contributed by atoms with van der Waals surface area (Å²) in [7, 11) is 0. The van der Waals surface area contributed by atoms with E-state index in [9.17, 15) is 4.79 Å². The van der Waals surface area contributed by atoms with E-state index < -0.39 is 0 Å². The molecular formula is C8H9N5OS. The molecule has 2 N–H and O–H groups in total. The average molecular weight is 223 g/mol. The SMILES string of the molecule is Cc1ncsc1C(=O)NCc1ncn[nH]1. The number of carbonyl (C=O) groups is 1. The molecule has 6 nitrogen and oxygen atoms in total. The second-order valence-electron chi connectivity index (χ2n) is 2.88. The maximum atomic E-state index is 11.6. The van der Waals surface area contributed by atoms with Crippen LogP contribution in [0.1, 0.15) is 21.2 Å². The van der Waals surface area contributed by atoms with Crippen LogP contribution in [0, 0.1) is 6.92 Å². The minimum Gasteiger partial charge on any atom is -0.344 e. The molecule has 2 rings (SSSR count). The van der Waals surface area contributed by atoms with Gasteiger partial charge in [0.2, 0.25) is 0 Å². The second-order valence-corrected chi connectivity index (χ2v) is 3.74. The van der Waals surface area contributed by atoms with Crippen molar-refractivity contribution < 1.29 is 4.79 Å². The van der Waals surface area contributed by atoms with Crippen LogP contribution in [0.5, 0.6) is 0 Å². The van der Waals surface area contributed by atoms with Gasteiger partial charge in [-0.25, -0.2) is 9.97 Å². The topological polar surface area (TPSA) is 83.6 Å². The fourth-order valence-corrected chi connectivity index (χ4v) is 1.80. The van der Waals surface area contributed by atoms with E-state index in [0.717, 1.165) is 5.69 Å². The summed E-state index contributed by atoms with van der Waals surface area (Å²) in [6, 6.07) is 0. The Morgan fingerprint density at radius 3 is 3.07 bits per heavy atom. The van der Waals surface area contributed by atoms with Crippen LogP contribution in [0.4, 0.5) is 0 Å². The molecule has 0 aromatic carbocycles. The van der Waals surface area contributed by atoms with Gasteiger partial charge in [-0.05, 0) is 6.92 Å². The van der Waals surface area contributed by atoms with Crippen LogP contribution in [0.15, 0.2) is 11.8 Å². The number of nitrogens with one attached hydrogen (secondary N) is 2. The largest absolute Gasteiger partial charge is 0.344 e. The predicted octanol–water partition coefficient (Wildman–Crippen LogP) is 0.500. The molecule has 0 aliphatic carbocycles. The normalized spacial score (nSPS) is 10.2. The van der Waals surface area contributed by atoms with Gasteiger partial charge in [-0.15, -0.1) is 11.3 Å². The summed E-state index contributed by atoms with van der Waals surface area (Å²) in [5.74, 6) is 0.497. The summed E-state index contributed by atoms with van der Waals surface area (Å²) < 4.78 is 0. The van der Waals surface area contributed by atoms with Crippen molar-refractivity contribution >= 4 is 17.2 Å². The third-order valence-electron chi connectivity index (χ3n) is 1.83. The number of carbonyl (C=O) groups excluding carboxylic acids is 1. The number of aryl methyl sites for hydroxylation is 1. The minimum atomic E-state index is -0.133. The number of aromatic amines is 1. The summed E-state index contributed by atoms with van der Waals surface area (Å²) in [5, 5.41) is 9.07. The highest BCUT2D eigenvalue weighted by molar-refractivity contribution is 7.11. The lowest BCUT2D eigenvalue weighted by Gasteiger charge is -2.00. The molecule has 0 spiro atoms. The number of amides is 1. The molecule has 2 heterocycles. The molecule has 0 saturated carbocycles. The lowest BCUT2D eigenvalue weighted by Crippen LogP contribution is -2.23. The van der Waals surface area contributed by atoms with Crippen molar-refractivity contribution in [3.63, 3.8) is 0 Å². The molecule has 2 aromatic rings. The maximum Gasteiger partial charge on any atom is 0.263 e. The fraction of sp³-hybridized carbons (Fsp3) is 0.250.